The van der Waals surface area contributed by atoms with Crippen molar-refractivity contribution in [2.45, 2.75) is 13.3 Å². The van der Waals surface area contributed by atoms with Gasteiger partial charge in [0.05, 0.1) is 25.4 Å². The number of hydrogen-bond donors (Lipinski definition) is 0. The molecule has 0 aliphatic carbocycles. The van der Waals surface area contributed by atoms with E-state index in [4.69, 9.17) is 14.5 Å². The Kier molecular flexibility index (Phi) is 3.52. The van der Waals surface area contributed by atoms with Gasteiger partial charge in [-0.15, -0.1) is 0 Å². The Bertz CT molecular complexity index is 778. The molecule has 1 heterocycles. The normalized spacial score (nSPS) is 10.8. The lowest BCUT2D eigenvalue weighted by molar-refractivity contribution is 0.414. The predicted molar refractivity (Wildman–Crippen MR) is 83.6 cm³/mol. The minimum atomic E-state index is 0.822. The van der Waals surface area contributed by atoms with E-state index in [-0.39, 0.29) is 0 Å². The number of fused-ring (bicyclic) bond motifs is 1. The third kappa shape index (κ3) is 2.23. The molecule has 0 bridgehead atoms. The first-order valence-electron chi connectivity index (χ1n) is 6.97. The Morgan fingerprint density at radius 3 is 2.57 bits per heavy atom. The van der Waals surface area contributed by atoms with Crippen LogP contribution in [0.3, 0.4) is 0 Å². The number of benzene rings is 2. The van der Waals surface area contributed by atoms with Crippen LogP contribution >= 0.6 is 0 Å². The maximum Gasteiger partial charge on any atom is 0.145 e. The minimum Gasteiger partial charge on any atom is -0.497 e. The predicted octanol–water partition coefficient (Wildman–Crippen LogP) is 3.61. The van der Waals surface area contributed by atoms with Crippen molar-refractivity contribution in [2.24, 2.45) is 0 Å². The molecule has 4 heteroatoms. The van der Waals surface area contributed by atoms with Crippen molar-refractivity contribution in [2.75, 3.05) is 14.2 Å². The lowest BCUT2D eigenvalue weighted by Crippen LogP contribution is -2.01. The molecule has 0 N–H and O–H groups in total. The van der Waals surface area contributed by atoms with Gasteiger partial charge in [-0.2, -0.15) is 0 Å². The summed E-state index contributed by atoms with van der Waals surface area (Å²) < 4.78 is 13.0. The van der Waals surface area contributed by atoms with Gasteiger partial charge in [-0.3, -0.25) is 4.57 Å². The zero-order valence-corrected chi connectivity index (χ0v) is 12.5. The summed E-state index contributed by atoms with van der Waals surface area (Å²) in [5.74, 6) is 2.65. The highest BCUT2D eigenvalue weighted by Gasteiger charge is 2.15. The molecule has 0 fully saturated rings. The van der Waals surface area contributed by atoms with E-state index in [9.17, 15) is 0 Å². The Labute approximate surface area is 123 Å². The summed E-state index contributed by atoms with van der Waals surface area (Å²) in [6.45, 7) is 2.10. The van der Waals surface area contributed by atoms with Crippen molar-refractivity contribution in [3.8, 4) is 17.2 Å². The van der Waals surface area contributed by atoms with Crippen LogP contribution in [0.5, 0.6) is 11.5 Å². The maximum absolute atomic E-state index is 5.51. The zero-order valence-electron chi connectivity index (χ0n) is 12.5. The number of hydrogen-bond acceptors (Lipinski definition) is 3. The smallest absolute Gasteiger partial charge is 0.145 e. The highest BCUT2D eigenvalue weighted by atomic mass is 16.5. The average molecular weight is 282 g/mol. The summed E-state index contributed by atoms with van der Waals surface area (Å²) in [6, 6.07) is 13.9. The first-order chi connectivity index (χ1) is 10.3. The van der Waals surface area contributed by atoms with Crippen LogP contribution in [0.4, 0.5) is 0 Å². The molecule has 3 aromatic rings. The van der Waals surface area contributed by atoms with E-state index in [1.807, 2.05) is 36.4 Å². The van der Waals surface area contributed by atoms with Crippen LogP contribution in [0.1, 0.15) is 12.7 Å². The van der Waals surface area contributed by atoms with E-state index in [1.54, 1.807) is 14.2 Å². The van der Waals surface area contributed by atoms with E-state index in [1.165, 1.54) is 0 Å². The fourth-order valence-corrected chi connectivity index (χ4v) is 2.57. The standard InChI is InChI=1S/C17H18N2O2/c1-4-16-18-14-9-6-10-15(21-3)17(14)19(16)12-7-5-8-13(11-12)20-2/h5-11H,4H2,1-3H3. The molecule has 3 rings (SSSR count). The van der Waals surface area contributed by atoms with Crippen molar-refractivity contribution in [3.63, 3.8) is 0 Å². The number of imidazole rings is 1. The van der Waals surface area contributed by atoms with E-state index < -0.39 is 0 Å². The lowest BCUT2D eigenvalue weighted by atomic mass is 10.2. The summed E-state index contributed by atoms with van der Waals surface area (Å²) in [5.41, 5.74) is 2.96. The molecule has 0 amide bonds. The third-order valence-corrected chi connectivity index (χ3v) is 3.56. The second kappa shape index (κ2) is 5.48. The summed E-state index contributed by atoms with van der Waals surface area (Å²) in [4.78, 5) is 4.71. The lowest BCUT2D eigenvalue weighted by Gasteiger charge is -2.11. The topological polar surface area (TPSA) is 36.3 Å². The summed E-state index contributed by atoms with van der Waals surface area (Å²) in [5, 5.41) is 0. The first-order valence-corrected chi connectivity index (χ1v) is 6.97. The van der Waals surface area contributed by atoms with E-state index in [0.717, 1.165) is 40.5 Å². The Morgan fingerprint density at radius 2 is 1.86 bits per heavy atom. The van der Waals surface area contributed by atoms with Gasteiger partial charge in [0.2, 0.25) is 0 Å². The molecular weight excluding hydrogens is 264 g/mol. The second-order valence-electron chi connectivity index (χ2n) is 4.75. The quantitative estimate of drug-likeness (QED) is 0.733. The van der Waals surface area contributed by atoms with Crippen LogP contribution in [-0.2, 0) is 6.42 Å². The molecule has 2 aromatic carbocycles. The number of rotatable bonds is 4. The monoisotopic (exact) mass is 282 g/mol. The average Bonchev–Trinajstić information content (AvgIpc) is 2.93. The van der Waals surface area contributed by atoms with Gasteiger partial charge in [0.25, 0.3) is 0 Å². The van der Waals surface area contributed by atoms with Gasteiger partial charge in [-0.05, 0) is 24.3 Å². The number of methoxy groups -OCH3 is 2. The first kappa shape index (κ1) is 13.5. The van der Waals surface area contributed by atoms with Crippen LogP contribution in [0.15, 0.2) is 42.5 Å². The van der Waals surface area contributed by atoms with E-state index >= 15 is 0 Å². The molecule has 0 aliphatic heterocycles. The third-order valence-electron chi connectivity index (χ3n) is 3.56. The molecule has 108 valence electrons. The summed E-state index contributed by atoms with van der Waals surface area (Å²) in [7, 11) is 3.36. The molecule has 0 saturated heterocycles. The zero-order chi connectivity index (χ0) is 14.8. The molecule has 0 saturated carbocycles. The van der Waals surface area contributed by atoms with Gasteiger partial charge < -0.3 is 9.47 Å². The minimum absolute atomic E-state index is 0.822. The van der Waals surface area contributed by atoms with Gasteiger partial charge in [-0.25, -0.2) is 4.98 Å². The van der Waals surface area contributed by atoms with Gasteiger partial charge in [0.15, 0.2) is 0 Å². The van der Waals surface area contributed by atoms with E-state index in [0.29, 0.717) is 0 Å². The molecule has 21 heavy (non-hydrogen) atoms. The van der Waals surface area contributed by atoms with Crippen molar-refractivity contribution in [3.05, 3.63) is 48.3 Å². The molecule has 0 radical (unpaired) electrons. The molecule has 0 aliphatic rings. The van der Waals surface area contributed by atoms with E-state index in [2.05, 4.69) is 17.6 Å². The number of nitrogens with zero attached hydrogens (tertiary/aromatic N) is 2. The molecule has 0 spiro atoms. The Hall–Kier alpha value is -2.49. The number of aryl methyl sites for hydroxylation is 1. The molecule has 0 atom stereocenters. The van der Waals surface area contributed by atoms with Gasteiger partial charge in [-0.1, -0.05) is 19.1 Å². The van der Waals surface area contributed by atoms with Crippen LogP contribution in [-0.4, -0.2) is 23.8 Å². The van der Waals surface area contributed by atoms with Crippen LogP contribution in [0.25, 0.3) is 16.7 Å². The van der Waals surface area contributed by atoms with Gasteiger partial charge in [0.1, 0.15) is 22.8 Å². The summed E-state index contributed by atoms with van der Waals surface area (Å²) >= 11 is 0. The fourth-order valence-electron chi connectivity index (χ4n) is 2.57. The number of para-hydroxylation sites is 1. The van der Waals surface area contributed by atoms with Crippen LogP contribution in [0.2, 0.25) is 0 Å². The van der Waals surface area contributed by atoms with Crippen molar-refractivity contribution in [1.82, 2.24) is 9.55 Å². The van der Waals surface area contributed by atoms with Crippen molar-refractivity contribution >= 4 is 11.0 Å². The molecule has 4 nitrogen and oxygen atoms in total. The Morgan fingerprint density at radius 1 is 1.05 bits per heavy atom. The van der Waals surface area contributed by atoms with Crippen LogP contribution < -0.4 is 9.47 Å². The van der Waals surface area contributed by atoms with Crippen molar-refractivity contribution in [1.29, 1.82) is 0 Å². The van der Waals surface area contributed by atoms with Gasteiger partial charge in [0, 0.05) is 12.5 Å². The fraction of sp³-hybridized carbons (Fsp3) is 0.235. The molecule has 1 aromatic heterocycles. The highest BCUT2D eigenvalue weighted by molar-refractivity contribution is 5.84. The Balaban J connectivity index is 2.33. The van der Waals surface area contributed by atoms with Crippen LogP contribution in [0, 0.1) is 0 Å². The number of ether oxygens (including phenoxy) is 2. The molecular formula is C17H18N2O2. The SMILES string of the molecule is CCc1nc2cccc(OC)c2n1-c1cccc(OC)c1. The summed E-state index contributed by atoms with van der Waals surface area (Å²) in [6.07, 6.45) is 0.842. The van der Waals surface area contributed by atoms with Gasteiger partial charge >= 0.3 is 0 Å². The second-order valence-corrected chi connectivity index (χ2v) is 4.75. The molecule has 0 unspecified atom stereocenters. The highest BCUT2D eigenvalue weighted by Crippen LogP contribution is 2.30. The van der Waals surface area contributed by atoms with Crippen molar-refractivity contribution < 1.29 is 9.47 Å². The number of aromatic nitrogens is 2. The largest absolute Gasteiger partial charge is 0.497 e. The maximum atomic E-state index is 5.51.